The minimum atomic E-state index is -0.390. The lowest BCUT2D eigenvalue weighted by molar-refractivity contribution is 0.0949. The summed E-state index contributed by atoms with van der Waals surface area (Å²) in [6.45, 7) is 4.87. The van der Waals surface area contributed by atoms with Crippen molar-refractivity contribution < 1.29 is 19.4 Å². The van der Waals surface area contributed by atoms with Crippen LogP contribution in [0.3, 0.4) is 0 Å². The Hall–Kier alpha value is -4.90. The van der Waals surface area contributed by atoms with Crippen molar-refractivity contribution in [3.8, 4) is 17.2 Å². The molecule has 1 aromatic heterocycles. The zero-order chi connectivity index (χ0) is 29.6. The van der Waals surface area contributed by atoms with Crippen LogP contribution in [-0.2, 0) is 0 Å². The molecule has 2 N–H and O–H groups in total. The van der Waals surface area contributed by atoms with Crippen LogP contribution in [0.15, 0.2) is 84.0 Å². The highest BCUT2D eigenvalue weighted by Gasteiger charge is 2.21. The number of rotatable bonds is 9. The number of hydrogen-bond acceptors (Lipinski definition) is 8. The number of nitrogens with zero attached hydrogens (tertiary/aromatic N) is 5. The fourth-order valence-corrected chi connectivity index (χ4v) is 5.23. The lowest BCUT2D eigenvalue weighted by atomic mass is 10.0. The van der Waals surface area contributed by atoms with Gasteiger partial charge < -0.3 is 20.1 Å². The zero-order valence-corrected chi connectivity index (χ0v) is 24.3. The molecular formula is C31H30N6O4S. The van der Waals surface area contributed by atoms with Gasteiger partial charge in [-0.2, -0.15) is 4.68 Å². The average Bonchev–Trinajstić information content (AvgIpc) is 3.46. The summed E-state index contributed by atoms with van der Waals surface area (Å²) in [6, 6.07) is 23.8. The van der Waals surface area contributed by atoms with Crippen LogP contribution in [0.1, 0.15) is 27.9 Å². The van der Waals surface area contributed by atoms with Crippen LogP contribution in [0, 0.1) is 13.8 Å². The number of fused-ring (bicyclic) bond motifs is 1. The summed E-state index contributed by atoms with van der Waals surface area (Å²) >= 11 is 0.885. The number of thioether (sulfide) groups is 1. The van der Waals surface area contributed by atoms with Gasteiger partial charge in [0.2, 0.25) is 5.16 Å². The molecule has 42 heavy (non-hydrogen) atoms. The molecule has 0 aliphatic carbocycles. The minimum absolute atomic E-state index is 0.153. The summed E-state index contributed by atoms with van der Waals surface area (Å²) in [5, 5.41) is 26.6. The van der Waals surface area contributed by atoms with E-state index in [0.29, 0.717) is 41.2 Å². The van der Waals surface area contributed by atoms with Crippen LogP contribution in [-0.4, -0.2) is 56.7 Å². The fraction of sp³-hybridized carbons (Fsp3) is 0.194. The quantitative estimate of drug-likeness (QED) is 0.168. The van der Waals surface area contributed by atoms with Gasteiger partial charge in [0.05, 0.1) is 23.5 Å². The normalized spacial score (nSPS) is 10.9. The zero-order valence-electron chi connectivity index (χ0n) is 23.4. The molecule has 11 heteroatoms. The smallest absolute Gasteiger partial charge is 0.293 e. The minimum Gasteiger partial charge on any atom is -0.506 e. The van der Waals surface area contributed by atoms with Gasteiger partial charge >= 0.3 is 0 Å². The van der Waals surface area contributed by atoms with E-state index in [1.54, 1.807) is 37.4 Å². The third kappa shape index (κ3) is 6.21. The average molecular weight is 583 g/mol. The highest BCUT2D eigenvalue weighted by atomic mass is 32.2. The Labute approximate surface area is 247 Å². The van der Waals surface area contributed by atoms with Crippen LogP contribution in [0.2, 0.25) is 0 Å². The molecule has 0 bridgehead atoms. The van der Waals surface area contributed by atoms with Crippen molar-refractivity contribution in [2.45, 2.75) is 25.4 Å². The number of anilines is 1. The fourth-order valence-electron chi connectivity index (χ4n) is 4.53. The van der Waals surface area contributed by atoms with Crippen molar-refractivity contribution in [2.75, 3.05) is 25.1 Å². The maximum atomic E-state index is 13.2. The first kappa shape index (κ1) is 28.6. The Morgan fingerprint density at radius 2 is 1.81 bits per heavy atom. The second kappa shape index (κ2) is 12.7. The summed E-state index contributed by atoms with van der Waals surface area (Å²) in [7, 11) is 1.64. The molecule has 0 aliphatic rings. The molecule has 5 aromatic rings. The lowest BCUT2D eigenvalue weighted by Crippen LogP contribution is -2.26. The van der Waals surface area contributed by atoms with Crippen molar-refractivity contribution >= 4 is 39.4 Å². The van der Waals surface area contributed by atoms with Crippen molar-refractivity contribution in [3.05, 3.63) is 95.6 Å². The molecule has 0 saturated carbocycles. The molecule has 0 aliphatic heterocycles. The number of phenols is 1. The summed E-state index contributed by atoms with van der Waals surface area (Å²) < 4.78 is 7.32. The van der Waals surface area contributed by atoms with Crippen molar-refractivity contribution in [1.82, 2.24) is 25.5 Å². The first-order valence-corrected chi connectivity index (χ1v) is 14.2. The van der Waals surface area contributed by atoms with Gasteiger partial charge in [0.25, 0.3) is 11.1 Å². The maximum absolute atomic E-state index is 13.2. The molecule has 0 unspecified atom stereocenters. The Kier molecular flexibility index (Phi) is 8.68. The highest BCUT2D eigenvalue weighted by molar-refractivity contribution is 8.13. The van der Waals surface area contributed by atoms with Gasteiger partial charge in [-0.25, -0.2) is 0 Å². The molecule has 1 heterocycles. The van der Waals surface area contributed by atoms with Crippen LogP contribution in [0.4, 0.5) is 10.5 Å². The van der Waals surface area contributed by atoms with Crippen LogP contribution in [0.5, 0.6) is 11.5 Å². The molecule has 2 amide bonds. The van der Waals surface area contributed by atoms with Gasteiger partial charge in [0.1, 0.15) is 11.5 Å². The van der Waals surface area contributed by atoms with Crippen molar-refractivity contribution in [2.24, 2.45) is 0 Å². The monoisotopic (exact) mass is 582 g/mol. The molecule has 0 spiro atoms. The summed E-state index contributed by atoms with van der Waals surface area (Å²) in [5.41, 5.74) is 3.69. The second-order valence-corrected chi connectivity index (χ2v) is 10.6. The second-order valence-electron chi connectivity index (χ2n) is 9.70. The maximum Gasteiger partial charge on any atom is 0.293 e. The predicted octanol–water partition coefficient (Wildman–Crippen LogP) is 5.69. The van der Waals surface area contributed by atoms with Gasteiger partial charge in [0, 0.05) is 36.1 Å². The Morgan fingerprint density at radius 3 is 2.60 bits per heavy atom. The van der Waals surface area contributed by atoms with Gasteiger partial charge in [-0.05, 0) is 66.6 Å². The number of carbonyl (C=O) groups is 2. The number of para-hydroxylation sites is 1. The first-order valence-electron chi connectivity index (χ1n) is 13.4. The van der Waals surface area contributed by atoms with Crippen LogP contribution >= 0.6 is 11.8 Å². The molecule has 0 radical (unpaired) electrons. The SMILES string of the molecule is Cc1ccc(OCCCNC(=O)c2ccc3c(N(C)C(=O)Sc4nnnn4-c4ccccc4)cccc3c2O)c(C)c1. The molecule has 0 atom stereocenters. The Morgan fingerprint density at radius 1 is 1.00 bits per heavy atom. The molecule has 10 nitrogen and oxygen atoms in total. The number of aromatic nitrogens is 4. The van der Waals surface area contributed by atoms with E-state index in [9.17, 15) is 14.7 Å². The number of phenolic OH excluding ortho intramolecular Hbond substituents is 1. The van der Waals surface area contributed by atoms with Gasteiger partial charge in [-0.15, -0.1) is 5.10 Å². The third-order valence-corrected chi connectivity index (χ3v) is 7.59. The molecule has 0 fully saturated rings. The standard InChI is InChI=1S/C31H30N6O4S/c1-20-13-16-27(21(2)19-20)41-18-8-17-32-29(39)25-15-14-23-24(28(25)38)11-7-12-26(23)36(3)31(40)42-30-33-34-35-37(30)22-9-5-4-6-10-22/h4-7,9-16,19,38H,8,17-18H2,1-3H3,(H,32,39). The summed E-state index contributed by atoms with van der Waals surface area (Å²) in [5.74, 6) is 0.283. The van der Waals surface area contributed by atoms with Crippen molar-refractivity contribution in [1.29, 1.82) is 0 Å². The molecular weight excluding hydrogens is 552 g/mol. The molecule has 214 valence electrons. The van der Waals surface area contributed by atoms with E-state index in [2.05, 4.69) is 26.9 Å². The summed E-state index contributed by atoms with van der Waals surface area (Å²) in [6.07, 6.45) is 0.607. The van der Waals surface area contributed by atoms with Gasteiger partial charge in [0.15, 0.2) is 0 Å². The van der Waals surface area contributed by atoms with Crippen molar-refractivity contribution in [3.63, 3.8) is 0 Å². The van der Waals surface area contributed by atoms with Crippen LogP contribution < -0.4 is 15.0 Å². The molecule has 0 saturated heterocycles. The number of ether oxygens (including phenoxy) is 1. The van der Waals surface area contributed by atoms with E-state index >= 15 is 0 Å². The largest absolute Gasteiger partial charge is 0.506 e. The Bertz CT molecular complexity index is 1740. The number of hydrogen-bond donors (Lipinski definition) is 2. The van der Waals surface area contributed by atoms with E-state index in [0.717, 1.165) is 28.8 Å². The Balaban J connectivity index is 1.24. The van der Waals surface area contributed by atoms with Gasteiger partial charge in [-0.1, -0.05) is 54.1 Å². The van der Waals surface area contributed by atoms with Crippen LogP contribution in [0.25, 0.3) is 16.5 Å². The summed E-state index contributed by atoms with van der Waals surface area (Å²) in [4.78, 5) is 27.6. The van der Waals surface area contributed by atoms with E-state index in [4.69, 9.17) is 4.74 Å². The number of benzene rings is 4. The number of amides is 2. The third-order valence-electron chi connectivity index (χ3n) is 6.70. The van der Waals surface area contributed by atoms with Gasteiger partial charge in [-0.3, -0.25) is 9.59 Å². The first-order chi connectivity index (χ1) is 20.3. The van der Waals surface area contributed by atoms with E-state index < -0.39 is 0 Å². The topological polar surface area (TPSA) is 122 Å². The van der Waals surface area contributed by atoms with E-state index in [1.807, 2.05) is 56.3 Å². The number of tetrazole rings is 1. The number of nitrogens with one attached hydrogen (secondary N) is 1. The lowest BCUT2D eigenvalue weighted by Gasteiger charge is -2.19. The number of carbonyl (C=O) groups excluding carboxylic acids is 2. The predicted molar refractivity (Wildman–Crippen MR) is 163 cm³/mol. The van der Waals surface area contributed by atoms with E-state index in [-0.39, 0.29) is 22.5 Å². The molecule has 5 rings (SSSR count). The highest BCUT2D eigenvalue weighted by Crippen LogP contribution is 2.36. The number of aromatic hydroxyl groups is 1. The number of aryl methyl sites for hydroxylation is 2. The van der Waals surface area contributed by atoms with E-state index in [1.165, 1.54) is 15.1 Å². The molecule has 4 aromatic carbocycles.